The third-order valence-corrected chi connectivity index (χ3v) is 6.14. The number of benzene rings is 3. The lowest BCUT2D eigenvalue weighted by molar-refractivity contribution is -0.188. The normalized spacial score (nSPS) is 12.9. The maximum Gasteiger partial charge on any atom is 0.426 e. The number of esters is 2. The molecule has 10 heteroatoms. The third kappa shape index (κ3) is 8.22. The summed E-state index contributed by atoms with van der Waals surface area (Å²) in [5.74, 6) is -1.82. The fraction of sp³-hybridized carbons (Fsp3) is 0.250. The van der Waals surface area contributed by atoms with Crippen LogP contribution in [0.25, 0.3) is 0 Å². The molecule has 0 aliphatic carbocycles. The first-order valence-corrected chi connectivity index (χ1v) is 13.0. The molecule has 0 aliphatic heterocycles. The van der Waals surface area contributed by atoms with Crippen LogP contribution in [0.3, 0.4) is 0 Å². The van der Waals surface area contributed by atoms with E-state index >= 15 is 0 Å². The van der Waals surface area contributed by atoms with E-state index in [2.05, 4.69) is 13.2 Å². The van der Waals surface area contributed by atoms with Gasteiger partial charge < -0.3 is 18.9 Å². The lowest BCUT2D eigenvalue weighted by Crippen LogP contribution is -2.23. The molecule has 3 rings (SSSR count). The topological polar surface area (TPSA) is 71.1 Å². The van der Waals surface area contributed by atoms with Crippen molar-refractivity contribution in [2.24, 2.45) is 0 Å². The fourth-order valence-electron chi connectivity index (χ4n) is 3.92. The zero-order chi connectivity index (χ0) is 30.9. The standard InChI is InChI=1S/C32H30F4O6/c1-5-27(39-29(37)7-3)21-9-13-23(14-10-21)31(33,34)41-25-17-19-26(20-18-25)42-32(35,36)24-15-11-22(12-16-24)28(6-2)40-30(38)8-4/h7-20,27-28H,3-6H2,1-2H3. The van der Waals surface area contributed by atoms with Crippen LogP contribution in [0, 0.1) is 0 Å². The molecule has 2 unspecified atom stereocenters. The van der Waals surface area contributed by atoms with Crippen molar-refractivity contribution in [3.63, 3.8) is 0 Å². The van der Waals surface area contributed by atoms with Crippen LogP contribution in [0.4, 0.5) is 17.6 Å². The summed E-state index contributed by atoms with van der Waals surface area (Å²) in [7, 11) is 0. The van der Waals surface area contributed by atoms with Crippen LogP contribution < -0.4 is 9.47 Å². The van der Waals surface area contributed by atoms with Crippen LogP contribution in [0.1, 0.15) is 61.2 Å². The van der Waals surface area contributed by atoms with Crippen molar-refractivity contribution >= 4 is 11.9 Å². The SMILES string of the molecule is C=CC(=O)OC(CC)c1ccc(C(F)(F)Oc2ccc(OC(F)(F)c3ccc(C(CC)OC(=O)C=C)cc3)cc2)cc1. The predicted molar refractivity (Wildman–Crippen MR) is 147 cm³/mol. The Morgan fingerprint density at radius 3 is 1.21 bits per heavy atom. The maximum absolute atomic E-state index is 14.8. The fourth-order valence-corrected chi connectivity index (χ4v) is 3.92. The summed E-state index contributed by atoms with van der Waals surface area (Å²) in [6.45, 7) is 10.2. The van der Waals surface area contributed by atoms with Gasteiger partial charge >= 0.3 is 24.2 Å². The second-order valence-electron chi connectivity index (χ2n) is 9.03. The minimum absolute atomic E-state index is 0.282. The molecule has 2 atom stereocenters. The average Bonchev–Trinajstić information content (AvgIpc) is 2.99. The first-order valence-electron chi connectivity index (χ1n) is 13.0. The Morgan fingerprint density at radius 2 is 0.952 bits per heavy atom. The van der Waals surface area contributed by atoms with E-state index in [1.165, 1.54) is 24.3 Å². The molecule has 0 saturated carbocycles. The number of ether oxygens (including phenoxy) is 4. The number of rotatable bonds is 14. The average molecular weight is 587 g/mol. The zero-order valence-electron chi connectivity index (χ0n) is 23.0. The van der Waals surface area contributed by atoms with Crippen molar-refractivity contribution in [1.82, 2.24) is 0 Å². The highest BCUT2D eigenvalue weighted by Gasteiger charge is 2.36. The molecule has 0 bridgehead atoms. The first kappa shape index (κ1) is 31.9. The molecule has 0 fully saturated rings. The molecule has 0 aromatic heterocycles. The molecule has 0 saturated heterocycles. The Balaban J connectivity index is 1.66. The van der Waals surface area contributed by atoms with E-state index in [0.29, 0.717) is 24.0 Å². The molecule has 0 radical (unpaired) electrons. The van der Waals surface area contributed by atoms with Gasteiger partial charge in [-0.05, 0) is 72.5 Å². The summed E-state index contributed by atoms with van der Waals surface area (Å²) in [5.41, 5.74) is 0.114. The Kier molecular flexibility index (Phi) is 10.5. The van der Waals surface area contributed by atoms with Crippen molar-refractivity contribution in [3.05, 3.63) is 120 Å². The van der Waals surface area contributed by atoms with Crippen molar-refractivity contribution in [1.29, 1.82) is 0 Å². The van der Waals surface area contributed by atoms with Gasteiger partial charge in [-0.2, -0.15) is 17.6 Å². The molecule has 0 spiro atoms. The predicted octanol–water partition coefficient (Wildman–Crippen LogP) is 8.30. The lowest BCUT2D eigenvalue weighted by Gasteiger charge is -2.21. The molecule has 222 valence electrons. The number of carbonyl (C=O) groups is 2. The lowest BCUT2D eigenvalue weighted by atomic mass is 10.0. The molecule has 6 nitrogen and oxygen atoms in total. The first-order chi connectivity index (χ1) is 19.9. The molecular weight excluding hydrogens is 556 g/mol. The van der Waals surface area contributed by atoms with E-state index in [1.54, 1.807) is 13.8 Å². The molecule has 0 amide bonds. The van der Waals surface area contributed by atoms with E-state index in [0.717, 1.165) is 60.7 Å². The zero-order valence-corrected chi connectivity index (χ0v) is 23.0. The van der Waals surface area contributed by atoms with Crippen molar-refractivity contribution in [2.75, 3.05) is 0 Å². The minimum atomic E-state index is -3.75. The highest BCUT2D eigenvalue weighted by Crippen LogP contribution is 2.36. The summed E-state index contributed by atoms with van der Waals surface area (Å²) >= 11 is 0. The molecule has 0 aliphatic rings. The summed E-state index contributed by atoms with van der Waals surface area (Å²) in [4.78, 5) is 23.0. The third-order valence-electron chi connectivity index (χ3n) is 6.14. The second kappa shape index (κ2) is 13.8. The van der Waals surface area contributed by atoms with Gasteiger partial charge in [-0.25, -0.2) is 9.59 Å². The van der Waals surface area contributed by atoms with Crippen LogP contribution in [0.15, 0.2) is 98.1 Å². The summed E-state index contributed by atoms with van der Waals surface area (Å²) < 4.78 is 79.3. The van der Waals surface area contributed by atoms with Gasteiger partial charge in [-0.1, -0.05) is 51.3 Å². The monoisotopic (exact) mass is 586 g/mol. The molecular formula is C32H30F4O6. The molecule has 0 N–H and O–H groups in total. The van der Waals surface area contributed by atoms with Gasteiger partial charge in [0.15, 0.2) is 0 Å². The highest BCUT2D eigenvalue weighted by molar-refractivity contribution is 5.81. The summed E-state index contributed by atoms with van der Waals surface area (Å²) in [5, 5.41) is 0. The molecule has 42 heavy (non-hydrogen) atoms. The van der Waals surface area contributed by atoms with Gasteiger partial charge in [0.1, 0.15) is 23.7 Å². The number of alkyl halides is 4. The number of halogens is 4. The van der Waals surface area contributed by atoms with Gasteiger partial charge in [0.2, 0.25) is 0 Å². The highest BCUT2D eigenvalue weighted by atomic mass is 19.3. The minimum Gasteiger partial charge on any atom is -0.454 e. The van der Waals surface area contributed by atoms with Gasteiger partial charge in [0, 0.05) is 12.2 Å². The van der Waals surface area contributed by atoms with Gasteiger partial charge in [-0.15, -0.1) is 0 Å². The van der Waals surface area contributed by atoms with Crippen LogP contribution in [0.5, 0.6) is 11.5 Å². The molecule has 3 aromatic rings. The van der Waals surface area contributed by atoms with E-state index in [4.69, 9.17) is 18.9 Å². The largest absolute Gasteiger partial charge is 0.454 e. The second-order valence-corrected chi connectivity index (χ2v) is 9.03. The van der Waals surface area contributed by atoms with Crippen LogP contribution >= 0.6 is 0 Å². The number of carbonyl (C=O) groups excluding carboxylic acids is 2. The Hall–Kier alpha value is -4.60. The van der Waals surface area contributed by atoms with Gasteiger partial charge in [0.25, 0.3) is 0 Å². The van der Waals surface area contributed by atoms with E-state index < -0.39 is 47.5 Å². The molecule has 0 heterocycles. The van der Waals surface area contributed by atoms with Crippen LogP contribution in [-0.4, -0.2) is 11.9 Å². The van der Waals surface area contributed by atoms with E-state index in [1.807, 2.05) is 0 Å². The summed E-state index contributed by atoms with van der Waals surface area (Å²) in [6, 6.07) is 14.5. The van der Waals surface area contributed by atoms with Crippen molar-refractivity contribution in [3.8, 4) is 11.5 Å². The van der Waals surface area contributed by atoms with Crippen molar-refractivity contribution in [2.45, 2.75) is 51.1 Å². The maximum atomic E-state index is 14.8. The smallest absolute Gasteiger partial charge is 0.426 e. The van der Waals surface area contributed by atoms with E-state index in [9.17, 15) is 27.2 Å². The van der Waals surface area contributed by atoms with Crippen LogP contribution in [-0.2, 0) is 31.3 Å². The quantitative estimate of drug-likeness (QED) is 0.108. The Morgan fingerprint density at radius 1 is 0.643 bits per heavy atom. The Labute approximate surface area is 241 Å². The van der Waals surface area contributed by atoms with Crippen LogP contribution in [0.2, 0.25) is 0 Å². The van der Waals surface area contributed by atoms with Crippen molar-refractivity contribution < 1.29 is 46.1 Å². The number of hydrogen-bond donors (Lipinski definition) is 0. The molecule has 3 aromatic carbocycles. The number of hydrogen-bond acceptors (Lipinski definition) is 6. The van der Waals surface area contributed by atoms with Gasteiger partial charge in [0.05, 0.1) is 11.1 Å². The van der Waals surface area contributed by atoms with Gasteiger partial charge in [-0.3, -0.25) is 0 Å². The summed E-state index contributed by atoms with van der Waals surface area (Å²) in [6.07, 6.45) is -5.86. The Bertz CT molecular complexity index is 1260. The van der Waals surface area contributed by atoms with E-state index in [-0.39, 0.29) is 11.5 Å².